The van der Waals surface area contributed by atoms with Crippen LogP contribution in [0.2, 0.25) is 0 Å². The minimum atomic E-state index is -0.447. The highest BCUT2D eigenvalue weighted by Gasteiger charge is 2.40. The lowest BCUT2D eigenvalue weighted by Crippen LogP contribution is -2.56. The molecule has 1 fully saturated rings. The third-order valence-electron chi connectivity index (χ3n) is 7.40. The van der Waals surface area contributed by atoms with Crippen LogP contribution in [0.5, 0.6) is 0 Å². The van der Waals surface area contributed by atoms with Crippen LogP contribution in [0, 0.1) is 13.8 Å². The average molecular weight is 576 g/mol. The Bertz CT molecular complexity index is 1530. The second-order valence-corrected chi connectivity index (χ2v) is 11.5. The molecule has 1 saturated heterocycles. The van der Waals surface area contributed by atoms with Gasteiger partial charge >= 0.3 is 5.97 Å². The molecule has 2 amide bonds. The van der Waals surface area contributed by atoms with E-state index in [0.29, 0.717) is 30.8 Å². The van der Waals surface area contributed by atoms with Crippen molar-refractivity contribution in [3.8, 4) is 5.00 Å². The fraction of sp³-hybridized carbons (Fsp3) is 0.355. The molecule has 0 saturated carbocycles. The predicted molar refractivity (Wildman–Crippen MR) is 162 cm³/mol. The topological polar surface area (TPSA) is 71.9 Å². The molecule has 0 unspecified atom stereocenters. The van der Waals surface area contributed by atoms with E-state index in [1.54, 1.807) is 17.4 Å². The summed E-state index contributed by atoms with van der Waals surface area (Å²) in [5.41, 5.74) is 4.90. The number of aryl methyl sites for hydroxylation is 2. The van der Waals surface area contributed by atoms with Gasteiger partial charge in [-0.3, -0.25) is 19.4 Å². The summed E-state index contributed by atoms with van der Waals surface area (Å²) >= 11 is 7.26. The maximum atomic E-state index is 13.8. The number of ether oxygens (including phenoxy) is 1. The van der Waals surface area contributed by atoms with Crippen molar-refractivity contribution in [2.75, 3.05) is 18.1 Å². The Morgan fingerprint density at radius 3 is 2.50 bits per heavy atom. The molecule has 2 aliphatic rings. The number of thiocarbonyl (C=S) groups is 1. The lowest BCUT2D eigenvalue weighted by molar-refractivity contribution is -0.127. The van der Waals surface area contributed by atoms with Gasteiger partial charge in [0.1, 0.15) is 10.6 Å². The number of rotatable bonds is 7. The molecule has 9 heteroatoms. The quantitative estimate of drug-likeness (QED) is 0.146. The molecule has 1 aliphatic carbocycles. The minimum Gasteiger partial charge on any atom is -0.462 e. The van der Waals surface area contributed by atoms with Crippen LogP contribution in [0.3, 0.4) is 0 Å². The van der Waals surface area contributed by atoms with Crippen LogP contribution in [-0.4, -0.2) is 45.5 Å². The van der Waals surface area contributed by atoms with Crippen molar-refractivity contribution in [2.45, 2.75) is 59.8 Å². The Labute approximate surface area is 244 Å². The van der Waals surface area contributed by atoms with E-state index in [-0.39, 0.29) is 16.7 Å². The van der Waals surface area contributed by atoms with Crippen molar-refractivity contribution < 1.29 is 19.1 Å². The van der Waals surface area contributed by atoms with E-state index in [4.69, 9.17) is 17.0 Å². The number of aromatic nitrogens is 1. The standard InChI is InChI=1S/C31H33N3O4S2/c1-5-16-32-27(35)24(28(36)34(31(32)39)22-12-8-7-9-13-22)18-21-17-19(3)33(20(21)4)29-26(30(37)38-6-2)23-14-10-11-15-25(23)40-29/h7-9,12-13,17-18H,5-6,10-11,14-16H2,1-4H3/b24-18+. The highest BCUT2D eigenvalue weighted by molar-refractivity contribution is 7.80. The number of hydrogen-bond acceptors (Lipinski definition) is 6. The van der Waals surface area contributed by atoms with Gasteiger partial charge in [-0.05, 0) is 100 Å². The molecule has 3 aromatic rings. The molecule has 0 bridgehead atoms. The normalized spacial score (nSPS) is 16.6. The van der Waals surface area contributed by atoms with Crippen LogP contribution in [0.4, 0.5) is 5.69 Å². The molecule has 0 atom stereocenters. The van der Waals surface area contributed by atoms with Gasteiger partial charge in [0, 0.05) is 22.8 Å². The van der Waals surface area contributed by atoms with E-state index in [0.717, 1.165) is 53.2 Å². The van der Waals surface area contributed by atoms with Crippen LogP contribution in [-0.2, 0) is 27.2 Å². The third-order valence-corrected chi connectivity index (χ3v) is 9.08. The van der Waals surface area contributed by atoms with Crippen molar-refractivity contribution in [1.82, 2.24) is 9.47 Å². The summed E-state index contributed by atoms with van der Waals surface area (Å²) < 4.78 is 7.54. The second kappa shape index (κ2) is 11.5. The number of hydrogen-bond donors (Lipinski definition) is 0. The van der Waals surface area contributed by atoms with E-state index in [2.05, 4.69) is 4.57 Å². The van der Waals surface area contributed by atoms with E-state index < -0.39 is 11.8 Å². The first kappa shape index (κ1) is 28.0. The largest absolute Gasteiger partial charge is 0.462 e. The number of benzene rings is 1. The Balaban J connectivity index is 1.62. The second-order valence-electron chi connectivity index (χ2n) is 10.0. The molecule has 208 valence electrons. The number of fused-ring (bicyclic) bond motifs is 1. The summed E-state index contributed by atoms with van der Waals surface area (Å²) in [5, 5.41) is 1.03. The van der Waals surface area contributed by atoms with Gasteiger partial charge in [0.2, 0.25) is 0 Å². The first-order valence-corrected chi connectivity index (χ1v) is 15.0. The van der Waals surface area contributed by atoms with E-state index in [1.165, 1.54) is 14.7 Å². The van der Waals surface area contributed by atoms with Gasteiger partial charge in [-0.25, -0.2) is 4.79 Å². The van der Waals surface area contributed by atoms with E-state index in [9.17, 15) is 14.4 Å². The first-order chi connectivity index (χ1) is 19.3. The summed E-state index contributed by atoms with van der Waals surface area (Å²) in [6, 6.07) is 11.1. The van der Waals surface area contributed by atoms with Crippen molar-refractivity contribution >= 4 is 58.2 Å². The number of nitrogens with zero attached hydrogens (tertiary/aromatic N) is 3. The molecule has 5 rings (SSSR count). The molecule has 40 heavy (non-hydrogen) atoms. The molecule has 2 aromatic heterocycles. The van der Waals surface area contributed by atoms with Crippen LogP contribution >= 0.6 is 23.6 Å². The Hall–Kier alpha value is -3.56. The van der Waals surface area contributed by atoms with Crippen molar-refractivity contribution in [2.24, 2.45) is 0 Å². The van der Waals surface area contributed by atoms with E-state index >= 15 is 0 Å². The average Bonchev–Trinajstić information content (AvgIpc) is 3.45. The maximum Gasteiger partial charge on any atom is 0.341 e. The molecule has 7 nitrogen and oxygen atoms in total. The van der Waals surface area contributed by atoms with Crippen molar-refractivity contribution in [1.29, 1.82) is 0 Å². The number of thiophene rings is 1. The van der Waals surface area contributed by atoms with Crippen molar-refractivity contribution in [3.05, 3.63) is 74.9 Å². The number of amides is 2. The summed E-state index contributed by atoms with van der Waals surface area (Å²) in [4.78, 5) is 44.7. The molecule has 0 N–H and O–H groups in total. The van der Waals surface area contributed by atoms with Gasteiger partial charge in [-0.15, -0.1) is 11.3 Å². The number of carbonyl (C=O) groups excluding carboxylic acids is 3. The predicted octanol–water partition coefficient (Wildman–Crippen LogP) is 6.16. The molecule has 3 heterocycles. The van der Waals surface area contributed by atoms with Gasteiger partial charge in [-0.1, -0.05) is 25.1 Å². The SMILES string of the molecule is CCCN1C(=O)/C(=C\c2cc(C)n(-c3sc4c(c3C(=O)OCC)CCCC4)c2C)C(=O)N(c2ccccc2)C1=S. The Morgan fingerprint density at radius 1 is 1.07 bits per heavy atom. The molecule has 1 aromatic carbocycles. The zero-order valence-electron chi connectivity index (χ0n) is 23.3. The zero-order chi connectivity index (χ0) is 28.6. The number of anilines is 1. The highest BCUT2D eigenvalue weighted by Crippen LogP contribution is 2.39. The van der Waals surface area contributed by atoms with Crippen LogP contribution < -0.4 is 4.90 Å². The van der Waals surface area contributed by atoms with Crippen molar-refractivity contribution in [3.63, 3.8) is 0 Å². The van der Waals surface area contributed by atoms with E-state index in [1.807, 2.05) is 64.1 Å². The third kappa shape index (κ3) is 4.81. The summed E-state index contributed by atoms with van der Waals surface area (Å²) in [6.45, 7) is 8.43. The fourth-order valence-electron chi connectivity index (χ4n) is 5.53. The smallest absolute Gasteiger partial charge is 0.341 e. The number of esters is 1. The lowest BCUT2D eigenvalue weighted by Gasteiger charge is -2.36. The van der Waals surface area contributed by atoms with Gasteiger partial charge in [0.25, 0.3) is 11.8 Å². The first-order valence-electron chi connectivity index (χ1n) is 13.8. The fourth-order valence-corrected chi connectivity index (χ4v) is 7.38. The molecule has 1 aliphatic heterocycles. The summed E-state index contributed by atoms with van der Waals surface area (Å²) in [7, 11) is 0. The highest BCUT2D eigenvalue weighted by atomic mass is 32.1. The Morgan fingerprint density at radius 2 is 1.80 bits per heavy atom. The van der Waals surface area contributed by atoms with Gasteiger partial charge < -0.3 is 9.30 Å². The zero-order valence-corrected chi connectivity index (χ0v) is 24.9. The minimum absolute atomic E-state index is 0.0576. The molecular weight excluding hydrogens is 542 g/mol. The lowest BCUT2D eigenvalue weighted by atomic mass is 9.95. The van der Waals surface area contributed by atoms with Crippen LogP contribution in [0.25, 0.3) is 11.1 Å². The molecular formula is C31H33N3O4S2. The summed E-state index contributed by atoms with van der Waals surface area (Å²) in [6.07, 6.45) is 6.34. The number of para-hydroxylation sites is 1. The molecule has 0 radical (unpaired) electrons. The van der Waals surface area contributed by atoms with Gasteiger partial charge in [0.15, 0.2) is 5.11 Å². The number of carbonyl (C=O) groups is 3. The van der Waals surface area contributed by atoms with Gasteiger partial charge in [0.05, 0.1) is 17.9 Å². The Kier molecular flexibility index (Phi) is 8.05. The molecule has 0 spiro atoms. The maximum absolute atomic E-state index is 13.8. The van der Waals surface area contributed by atoms with Gasteiger partial charge in [-0.2, -0.15) is 0 Å². The van der Waals surface area contributed by atoms with Crippen LogP contribution in [0.1, 0.15) is 70.9 Å². The monoisotopic (exact) mass is 575 g/mol. The summed E-state index contributed by atoms with van der Waals surface area (Å²) in [5.74, 6) is -1.14. The van der Waals surface area contributed by atoms with Crippen LogP contribution in [0.15, 0.2) is 42.0 Å².